The third kappa shape index (κ3) is 2.96. The van der Waals surface area contributed by atoms with Crippen molar-refractivity contribution in [3.05, 3.63) is 46.2 Å². The molecule has 1 amide bonds. The highest BCUT2D eigenvalue weighted by atomic mass is 32.1. The van der Waals surface area contributed by atoms with E-state index in [1.54, 1.807) is 17.6 Å². The van der Waals surface area contributed by atoms with E-state index < -0.39 is 0 Å². The lowest BCUT2D eigenvalue weighted by atomic mass is 10.0. The van der Waals surface area contributed by atoms with Gasteiger partial charge < -0.3 is 9.73 Å². The topological polar surface area (TPSA) is 55.1 Å². The van der Waals surface area contributed by atoms with E-state index in [1.165, 1.54) is 29.0 Å². The molecule has 3 aromatic rings. The van der Waals surface area contributed by atoms with Crippen LogP contribution in [-0.2, 0) is 30.5 Å². The lowest BCUT2D eigenvalue weighted by molar-refractivity contribution is -0.115. The highest BCUT2D eigenvalue weighted by molar-refractivity contribution is 7.15. The summed E-state index contributed by atoms with van der Waals surface area (Å²) in [5, 5.41) is 4.70. The summed E-state index contributed by atoms with van der Waals surface area (Å²) in [6.07, 6.45) is 7.53. The maximum Gasteiger partial charge on any atom is 0.230 e. The average molecular weight is 340 g/mol. The second kappa shape index (κ2) is 6.40. The molecule has 2 heterocycles. The second-order valence-corrected chi connectivity index (χ2v) is 7.35. The van der Waals surface area contributed by atoms with Crippen LogP contribution in [0.3, 0.4) is 0 Å². The molecule has 4 rings (SSSR count). The Morgan fingerprint density at radius 3 is 3.04 bits per heavy atom. The second-order valence-electron chi connectivity index (χ2n) is 6.27. The molecule has 0 unspecified atom stereocenters. The molecule has 5 heteroatoms. The lowest BCUT2D eigenvalue weighted by Crippen LogP contribution is -2.14. The van der Waals surface area contributed by atoms with Gasteiger partial charge >= 0.3 is 0 Å². The van der Waals surface area contributed by atoms with Crippen molar-refractivity contribution < 1.29 is 9.21 Å². The number of aryl methyl sites for hydroxylation is 3. The zero-order chi connectivity index (χ0) is 16.5. The summed E-state index contributed by atoms with van der Waals surface area (Å²) >= 11 is 1.62. The van der Waals surface area contributed by atoms with Crippen LogP contribution in [0.4, 0.5) is 5.13 Å². The summed E-state index contributed by atoms with van der Waals surface area (Å²) in [5.41, 5.74) is 4.18. The number of nitrogens with one attached hydrogen (secondary N) is 1. The van der Waals surface area contributed by atoms with Crippen molar-refractivity contribution in [3.8, 4) is 0 Å². The van der Waals surface area contributed by atoms with Crippen LogP contribution in [0, 0.1) is 0 Å². The Hall–Kier alpha value is -2.14. The number of carbonyl (C=O) groups is 1. The van der Waals surface area contributed by atoms with Crippen molar-refractivity contribution in [2.75, 3.05) is 5.32 Å². The first-order valence-corrected chi connectivity index (χ1v) is 9.32. The Balaban J connectivity index is 1.49. The number of hydrogen-bond acceptors (Lipinski definition) is 4. The Bertz CT molecular complexity index is 871. The number of furan rings is 1. The summed E-state index contributed by atoms with van der Waals surface area (Å²) in [4.78, 5) is 18.3. The van der Waals surface area contributed by atoms with E-state index >= 15 is 0 Å². The summed E-state index contributed by atoms with van der Waals surface area (Å²) < 4.78 is 5.62. The Kier molecular flexibility index (Phi) is 4.10. The minimum Gasteiger partial charge on any atom is -0.464 e. The van der Waals surface area contributed by atoms with Crippen molar-refractivity contribution in [1.82, 2.24) is 4.98 Å². The van der Waals surface area contributed by atoms with E-state index in [1.807, 2.05) is 12.1 Å². The zero-order valence-corrected chi connectivity index (χ0v) is 14.5. The standard InChI is InChI=1S/C19H20N2O2S/c1-2-12-7-8-14-13(11-23-16(14)9-12)10-18(22)21-19-20-15-5-3-4-6-17(15)24-19/h7-9,11H,2-6,10H2,1H3,(H,20,21,22). The summed E-state index contributed by atoms with van der Waals surface area (Å²) in [6, 6.07) is 6.18. The molecule has 1 aliphatic rings. The molecule has 0 aliphatic heterocycles. The number of amides is 1. The molecule has 0 fully saturated rings. The van der Waals surface area contributed by atoms with Gasteiger partial charge in [-0.1, -0.05) is 19.1 Å². The molecule has 124 valence electrons. The molecule has 0 radical (unpaired) electrons. The van der Waals surface area contributed by atoms with Crippen LogP contribution in [-0.4, -0.2) is 10.9 Å². The highest BCUT2D eigenvalue weighted by Gasteiger charge is 2.17. The van der Waals surface area contributed by atoms with E-state index in [4.69, 9.17) is 4.42 Å². The van der Waals surface area contributed by atoms with Crippen molar-refractivity contribution >= 4 is 33.3 Å². The number of nitrogens with zero attached hydrogens (tertiary/aromatic N) is 1. The van der Waals surface area contributed by atoms with Crippen LogP contribution in [0.2, 0.25) is 0 Å². The SMILES string of the molecule is CCc1ccc2c(CC(=O)Nc3nc4c(s3)CCCC4)coc2c1. The van der Waals surface area contributed by atoms with E-state index in [-0.39, 0.29) is 5.91 Å². The van der Waals surface area contributed by atoms with Crippen molar-refractivity contribution in [1.29, 1.82) is 0 Å². The predicted molar refractivity (Wildman–Crippen MR) is 96.7 cm³/mol. The van der Waals surface area contributed by atoms with Crippen LogP contribution in [0.25, 0.3) is 11.0 Å². The summed E-state index contributed by atoms with van der Waals surface area (Å²) in [6.45, 7) is 2.12. The Labute approximate surface area is 144 Å². The molecular formula is C19H20N2O2S. The quantitative estimate of drug-likeness (QED) is 0.760. The summed E-state index contributed by atoms with van der Waals surface area (Å²) in [7, 11) is 0. The van der Waals surface area contributed by atoms with E-state index in [9.17, 15) is 4.79 Å². The van der Waals surface area contributed by atoms with Crippen molar-refractivity contribution in [3.63, 3.8) is 0 Å². The average Bonchev–Trinajstić information content (AvgIpc) is 3.17. The van der Waals surface area contributed by atoms with Gasteiger partial charge in [0.25, 0.3) is 0 Å². The molecule has 24 heavy (non-hydrogen) atoms. The highest BCUT2D eigenvalue weighted by Crippen LogP contribution is 2.30. The van der Waals surface area contributed by atoms with Gasteiger partial charge in [0.2, 0.25) is 5.91 Å². The number of aromatic nitrogens is 1. The van der Waals surface area contributed by atoms with Crippen molar-refractivity contribution in [2.45, 2.75) is 45.4 Å². The first-order chi connectivity index (χ1) is 11.7. The van der Waals surface area contributed by atoms with Gasteiger partial charge in [0.05, 0.1) is 18.4 Å². The van der Waals surface area contributed by atoms with Crippen LogP contribution in [0.1, 0.15) is 41.5 Å². The predicted octanol–water partition coefficient (Wildman–Crippen LogP) is 4.51. The number of benzene rings is 1. The monoisotopic (exact) mass is 340 g/mol. The molecule has 0 spiro atoms. The van der Waals surface area contributed by atoms with Crippen LogP contribution < -0.4 is 5.32 Å². The fraction of sp³-hybridized carbons (Fsp3) is 0.368. The van der Waals surface area contributed by atoms with Crippen molar-refractivity contribution in [2.24, 2.45) is 0 Å². The normalized spacial score (nSPS) is 13.9. The molecule has 0 saturated carbocycles. The first kappa shape index (κ1) is 15.4. The lowest BCUT2D eigenvalue weighted by Gasteiger charge is -2.06. The number of thiazole rings is 1. The molecule has 1 aromatic carbocycles. The molecule has 2 aromatic heterocycles. The molecule has 1 aliphatic carbocycles. The summed E-state index contributed by atoms with van der Waals surface area (Å²) in [5.74, 6) is -0.0386. The van der Waals surface area contributed by atoms with Gasteiger partial charge in [0, 0.05) is 15.8 Å². The van der Waals surface area contributed by atoms with Gasteiger partial charge in [0.1, 0.15) is 5.58 Å². The maximum absolute atomic E-state index is 12.4. The number of fused-ring (bicyclic) bond motifs is 2. The molecular weight excluding hydrogens is 320 g/mol. The number of rotatable bonds is 4. The molecule has 0 atom stereocenters. The fourth-order valence-electron chi connectivity index (χ4n) is 3.23. The maximum atomic E-state index is 12.4. The molecule has 0 bridgehead atoms. The third-order valence-electron chi connectivity index (χ3n) is 4.57. The van der Waals surface area contributed by atoms with Gasteiger partial charge in [-0.25, -0.2) is 4.98 Å². The first-order valence-electron chi connectivity index (χ1n) is 8.50. The largest absolute Gasteiger partial charge is 0.464 e. The van der Waals surface area contributed by atoms with E-state index in [2.05, 4.69) is 23.3 Å². The Morgan fingerprint density at radius 2 is 2.21 bits per heavy atom. The fourth-order valence-corrected chi connectivity index (χ4v) is 4.29. The zero-order valence-electron chi connectivity index (χ0n) is 13.7. The number of hydrogen-bond donors (Lipinski definition) is 1. The van der Waals surface area contributed by atoms with Crippen LogP contribution in [0.5, 0.6) is 0 Å². The third-order valence-corrected chi connectivity index (χ3v) is 5.64. The molecule has 1 N–H and O–H groups in total. The Morgan fingerprint density at radius 1 is 1.33 bits per heavy atom. The van der Waals surface area contributed by atoms with E-state index in [0.717, 1.165) is 40.9 Å². The van der Waals surface area contributed by atoms with Gasteiger partial charge in [-0.2, -0.15) is 0 Å². The van der Waals surface area contributed by atoms with Gasteiger partial charge in [-0.3, -0.25) is 4.79 Å². The molecule has 0 saturated heterocycles. The number of anilines is 1. The smallest absolute Gasteiger partial charge is 0.230 e. The van der Waals surface area contributed by atoms with Crippen LogP contribution in [0.15, 0.2) is 28.9 Å². The van der Waals surface area contributed by atoms with Gasteiger partial charge in [-0.05, 0) is 43.7 Å². The minimum absolute atomic E-state index is 0.0386. The van der Waals surface area contributed by atoms with Crippen LogP contribution >= 0.6 is 11.3 Å². The van der Waals surface area contributed by atoms with Gasteiger partial charge in [0.15, 0.2) is 5.13 Å². The van der Waals surface area contributed by atoms with E-state index in [0.29, 0.717) is 6.42 Å². The minimum atomic E-state index is -0.0386. The van der Waals surface area contributed by atoms with Gasteiger partial charge in [-0.15, -0.1) is 11.3 Å². The molecule has 4 nitrogen and oxygen atoms in total. The number of carbonyl (C=O) groups excluding carboxylic acids is 1.